The van der Waals surface area contributed by atoms with Gasteiger partial charge in [0.25, 0.3) is 5.91 Å². The average molecular weight is 333 g/mol. The van der Waals surface area contributed by atoms with Crippen LogP contribution in [0.1, 0.15) is 10.4 Å². The number of carbonyl (C=O) groups excluding carboxylic acids is 1. The number of amides is 1. The van der Waals surface area contributed by atoms with Gasteiger partial charge in [0, 0.05) is 31.4 Å². The lowest BCUT2D eigenvalue weighted by molar-refractivity contribution is 0.0285. The van der Waals surface area contributed by atoms with Gasteiger partial charge in [0.05, 0.1) is 18.3 Å². The molecule has 1 amide bonds. The van der Waals surface area contributed by atoms with Crippen molar-refractivity contribution < 1.29 is 14.3 Å². The second kappa shape index (κ2) is 8.05. The Bertz CT molecular complexity index is 430. The van der Waals surface area contributed by atoms with Gasteiger partial charge >= 0.3 is 0 Å². The molecule has 0 saturated heterocycles. The summed E-state index contributed by atoms with van der Waals surface area (Å²) in [6.07, 6.45) is 1.35. The van der Waals surface area contributed by atoms with Gasteiger partial charge < -0.3 is 20.2 Å². The molecule has 19 heavy (non-hydrogen) atoms. The summed E-state index contributed by atoms with van der Waals surface area (Å²) in [6.45, 7) is 0.731. The fourth-order valence-electron chi connectivity index (χ4n) is 1.43. The molecule has 1 rings (SSSR count). The number of pyridine rings is 1. The van der Waals surface area contributed by atoms with Gasteiger partial charge in [-0.05, 0) is 22.0 Å². The van der Waals surface area contributed by atoms with Crippen LogP contribution in [-0.2, 0) is 9.47 Å². The fraction of sp³-hybridized carbons (Fsp3) is 0.455. The van der Waals surface area contributed by atoms with Gasteiger partial charge in [-0.25, -0.2) is 10.8 Å². The molecule has 4 N–H and O–H groups in total. The molecule has 1 atom stereocenters. The highest BCUT2D eigenvalue weighted by Gasteiger charge is 2.15. The van der Waals surface area contributed by atoms with Gasteiger partial charge in [-0.2, -0.15) is 0 Å². The van der Waals surface area contributed by atoms with E-state index in [9.17, 15) is 4.79 Å². The molecule has 0 aliphatic rings. The highest BCUT2D eigenvalue weighted by Crippen LogP contribution is 2.17. The number of anilines is 1. The number of nitrogens with two attached hydrogens (primary N) is 1. The maximum atomic E-state index is 12.0. The van der Waals surface area contributed by atoms with Crippen molar-refractivity contribution >= 4 is 27.7 Å². The van der Waals surface area contributed by atoms with Crippen molar-refractivity contribution in [3.05, 3.63) is 22.3 Å². The zero-order chi connectivity index (χ0) is 14.3. The molecule has 8 heteroatoms. The van der Waals surface area contributed by atoms with E-state index < -0.39 is 0 Å². The van der Waals surface area contributed by atoms with Crippen molar-refractivity contribution in [1.29, 1.82) is 0 Å². The van der Waals surface area contributed by atoms with Crippen molar-refractivity contribution in [2.45, 2.75) is 6.10 Å². The Morgan fingerprint density at radius 2 is 2.32 bits per heavy atom. The van der Waals surface area contributed by atoms with E-state index in [1.807, 2.05) is 0 Å². The van der Waals surface area contributed by atoms with E-state index >= 15 is 0 Å². The van der Waals surface area contributed by atoms with Crippen LogP contribution < -0.4 is 16.6 Å². The van der Waals surface area contributed by atoms with Gasteiger partial charge in [0.1, 0.15) is 0 Å². The number of nitrogen functional groups attached to an aromatic ring is 1. The first kappa shape index (κ1) is 15.8. The number of nitrogens with zero attached hydrogens (tertiary/aromatic N) is 1. The summed E-state index contributed by atoms with van der Waals surface area (Å²) < 4.78 is 10.8. The van der Waals surface area contributed by atoms with Crippen molar-refractivity contribution in [2.75, 3.05) is 32.8 Å². The SMILES string of the molecule is COCC(CNC(=O)c1cc(Br)cnc1NN)OC. The summed E-state index contributed by atoms with van der Waals surface area (Å²) in [7, 11) is 3.13. The van der Waals surface area contributed by atoms with Crippen LogP contribution in [0.5, 0.6) is 0 Å². The number of hydrazine groups is 1. The summed E-state index contributed by atoms with van der Waals surface area (Å²) in [5.74, 6) is 5.33. The van der Waals surface area contributed by atoms with E-state index in [0.29, 0.717) is 29.0 Å². The number of hydrogen-bond donors (Lipinski definition) is 3. The molecule has 0 aliphatic heterocycles. The smallest absolute Gasteiger partial charge is 0.255 e. The summed E-state index contributed by atoms with van der Waals surface area (Å²) in [5, 5.41) is 2.74. The van der Waals surface area contributed by atoms with Gasteiger partial charge in [-0.3, -0.25) is 4.79 Å². The summed E-state index contributed by atoms with van der Waals surface area (Å²) in [4.78, 5) is 16.0. The third-order valence-electron chi connectivity index (χ3n) is 2.41. The maximum absolute atomic E-state index is 12.0. The third kappa shape index (κ3) is 4.75. The monoisotopic (exact) mass is 332 g/mol. The predicted molar refractivity (Wildman–Crippen MR) is 74.8 cm³/mol. The number of hydrogen-bond acceptors (Lipinski definition) is 6. The van der Waals surface area contributed by atoms with Crippen LogP contribution in [0.3, 0.4) is 0 Å². The average Bonchev–Trinajstić information content (AvgIpc) is 2.43. The maximum Gasteiger partial charge on any atom is 0.255 e. The first-order valence-electron chi connectivity index (χ1n) is 5.54. The molecule has 0 aliphatic carbocycles. The second-order valence-corrected chi connectivity index (χ2v) is 4.63. The molecule has 7 nitrogen and oxygen atoms in total. The number of ether oxygens (including phenoxy) is 2. The van der Waals surface area contributed by atoms with Crippen LogP contribution in [-0.4, -0.2) is 44.4 Å². The molecule has 0 radical (unpaired) electrons. The Morgan fingerprint density at radius 1 is 1.58 bits per heavy atom. The van der Waals surface area contributed by atoms with Crippen LogP contribution >= 0.6 is 15.9 Å². The Hall–Kier alpha value is -1.22. The quantitative estimate of drug-likeness (QED) is 0.497. The molecule has 106 valence electrons. The Morgan fingerprint density at radius 3 is 2.89 bits per heavy atom. The number of methoxy groups -OCH3 is 2. The van der Waals surface area contributed by atoms with E-state index in [-0.39, 0.29) is 12.0 Å². The first-order chi connectivity index (χ1) is 9.12. The number of rotatable bonds is 7. The molecule has 1 unspecified atom stereocenters. The van der Waals surface area contributed by atoms with E-state index in [0.717, 1.165) is 0 Å². The molecule has 0 bridgehead atoms. The minimum atomic E-state index is -0.292. The van der Waals surface area contributed by atoms with Crippen molar-refractivity contribution in [3.8, 4) is 0 Å². The zero-order valence-corrected chi connectivity index (χ0v) is 12.4. The van der Waals surface area contributed by atoms with Gasteiger partial charge in [0.15, 0.2) is 5.82 Å². The number of aromatic nitrogens is 1. The Balaban J connectivity index is 2.69. The molecule has 0 spiro atoms. The van der Waals surface area contributed by atoms with Crippen LogP contribution in [0, 0.1) is 0 Å². The van der Waals surface area contributed by atoms with Crippen molar-refractivity contribution in [3.63, 3.8) is 0 Å². The second-order valence-electron chi connectivity index (χ2n) is 3.72. The van der Waals surface area contributed by atoms with Gasteiger partial charge in [0.2, 0.25) is 0 Å². The first-order valence-corrected chi connectivity index (χ1v) is 6.33. The summed E-state index contributed by atoms with van der Waals surface area (Å²) in [5.41, 5.74) is 2.73. The van der Waals surface area contributed by atoms with Crippen molar-refractivity contribution in [1.82, 2.24) is 10.3 Å². The minimum absolute atomic E-state index is 0.205. The predicted octanol–water partition coefficient (Wildman–Crippen LogP) is 0.521. The van der Waals surface area contributed by atoms with Crippen LogP contribution in [0.2, 0.25) is 0 Å². The number of carbonyl (C=O) groups is 1. The van der Waals surface area contributed by atoms with E-state index in [4.69, 9.17) is 15.3 Å². The molecular weight excluding hydrogens is 316 g/mol. The summed E-state index contributed by atoms with van der Waals surface area (Å²) >= 11 is 3.26. The lowest BCUT2D eigenvalue weighted by Gasteiger charge is -2.15. The number of nitrogens with one attached hydrogen (secondary N) is 2. The lowest BCUT2D eigenvalue weighted by atomic mass is 10.2. The zero-order valence-electron chi connectivity index (χ0n) is 10.8. The summed E-state index contributed by atoms with van der Waals surface area (Å²) in [6, 6.07) is 1.63. The molecule has 0 fully saturated rings. The largest absolute Gasteiger partial charge is 0.382 e. The van der Waals surface area contributed by atoms with Crippen LogP contribution in [0.15, 0.2) is 16.7 Å². The van der Waals surface area contributed by atoms with E-state index in [1.54, 1.807) is 26.5 Å². The Kier molecular flexibility index (Phi) is 6.71. The van der Waals surface area contributed by atoms with E-state index in [2.05, 4.69) is 31.7 Å². The fourth-order valence-corrected chi connectivity index (χ4v) is 1.76. The lowest BCUT2D eigenvalue weighted by Crippen LogP contribution is -2.36. The van der Waals surface area contributed by atoms with Crippen LogP contribution in [0.25, 0.3) is 0 Å². The highest BCUT2D eigenvalue weighted by atomic mass is 79.9. The highest BCUT2D eigenvalue weighted by molar-refractivity contribution is 9.10. The molecular formula is C11H17BrN4O3. The van der Waals surface area contributed by atoms with Crippen molar-refractivity contribution in [2.24, 2.45) is 5.84 Å². The molecule has 1 aromatic heterocycles. The van der Waals surface area contributed by atoms with Gasteiger partial charge in [-0.1, -0.05) is 0 Å². The standard InChI is InChI=1S/C11H17BrN4O3/c1-18-6-8(19-2)5-15-11(17)9-3-7(12)4-14-10(9)16-13/h3-4,8H,5-6,13H2,1-2H3,(H,14,16)(H,15,17). The molecule has 0 aromatic carbocycles. The topological polar surface area (TPSA) is 98.5 Å². The van der Waals surface area contributed by atoms with Crippen LogP contribution in [0.4, 0.5) is 5.82 Å². The molecule has 1 heterocycles. The number of halogens is 1. The Labute approximate surface area is 120 Å². The molecule has 1 aromatic rings. The molecule has 0 saturated carbocycles. The third-order valence-corrected chi connectivity index (χ3v) is 2.85. The van der Waals surface area contributed by atoms with E-state index in [1.165, 1.54) is 0 Å². The van der Waals surface area contributed by atoms with Gasteiger partial charge in [-0.15, -0.1) is 0 Å². The minimum Gasteiger partial charge on any atom is -0.382 e. The normalized spacial score (nSPS) is 12.0.